The molecule has 0 saturated carbocycles. The van der Waals surface area contributed by atoms with Gasteiger partial charge in [-0.2, -0.15) is 0 Å². The first kappa shape index (κ1) is 11.2. The van der Waals surface area contributed by atoms with Crippen molar-refractivity contribution in [2.24, 2.45) is 0 Å². The van der Waals surface area contributed by atoms with Crippen LogP contribution in [0.25, 0.3) is 0 Å². The second kappa shape index (κ2) is 5.18. The van der Waals surface area contributed by atoms with Crippen LogP contribution in [0.15, 0.2) is 48.5 Å². The van der Waals surface area contributed by atoms with E-state index >= 15 is 0 Å². The molecule has 17 heavy (non-hydrogen) atoms. The minimum atomic E-state index is -0.590. The maximum absolute atomic E-state index is 13.1. The fourth-order valence-electron chi connectivity index (χ4n) is 1.45. The average molecular weight is 225 g/mol. The summed E-state index contributed by atoms with van der Waals surface area (Å²) >= 11 is 0. The van der Waals surface area contributed by atoms with Crippen molar-refractivity contribution in [3.63, 3.8) is 0 Å². The van der Waals surface area contributed by atoms with E-state index in [9.17, 15) is 4.39 Å². The van der Waals surface area contributed by atoms with Gasteiger partial charge in [-0.25, -0.2) is 4.39 Å². The summed E-state index contributed by atoms with van der Waals surface area (Å²) in [5.74, 6) is 2.80. The van der Waals surface area contributed by atoms with Crippen LogP contribution in [0.4, 0.5) is 4.39 Å². The number of terminal acetylenes is 1. The molecule has 0 N–H and O–H groups in total. The monoisotopic (exact) mass is 225 g/mol. The van der Waals surface area contributed by atoms with Gasteiger partial charge in [-0.3, -0.25) is 0 Å². The molecule has 2 aromatic carbocycles. The van der Waals surface area contributed by atoms with Crippen molar-refractivity contribution in [3.05, 3.63) is 66.0 Å². The molecule has 2 rings (SSSR count). The van der Waals surface area contributed by atoms with E-state index in [0.29, 0.717) is 11.3 Å². The molecule has 2 heteroatoms. The van der Waals surface area contributed by atoms with Crippen molar-refractivity contribution in [2.45, 2.75) is 6.10 Å². The first-order valence-corrected chi connectivity index (χ1v) is 5.14. The summed E-state index contributed by atoms with van der Waals surface area (Å²) in [4.78, 5) is 0. The molecule has 0 saturated heterocycles. The minimum absolute atomic E-state index is 0.326. The van der Waals surface area contributed by atoms with Crippen molar-refractivity contribution in [2.75, 3.05) is 0 Å². The number of rotatable bonds is 3. The van der Waals surface area contributed by atoms with Gasteiger partial charge in [0, 0.05) is 5.56 Å². The largest absolute Gasteiger partial charge is 0.473 e. The van der Waals surface area contributed by atoms with Gasteiger partial charge in [-0.15, -0.1) is 6.42 Å². The summed E-state index contributed by atoms with van der Waals surface area (Å²) in [5, 5.41) is 0. The predicted octanol–water partition coefficient (Wildman–Crippen LogP) is 3.38. The molecule has 0 heterocycles. The molecular weight excluding hydrogens is 215 g/mol. The Kier molecular flexibility index (Phi) is 3.42. The number of hydrogen-bond acceptors (Lipinski definition) is 1. The Hall–Kier alpha value is -2.27. The third kappa shape index (κ3) is 2.85. The van der Waals surface area contributed by atoms with Crippen LogP contribution in [0.3, 0.4) is 0 Å². The molecule has 0 fully saturated rings. The maximum atomic E-state index is 13.1. The zero-order chi connectivity index (χ0) is 12.1. The second-order valence-electron chi connectivity index (χ2n) is 3.46. The van der Waals surface area contributed by atoms with Crippen molar-refractivity contribution >= 4 is 0 Å². The summed E-state index contributed by atoms with van der Waals surface area (Å²) in [5.41, 5.74) is 0.625. The standard InChI is InChI=1S/C15H10FO/c1-2-15(12-7-6-8-13(16)11-12)17-14-9-4-3-5-10-14/h1,4-11,15H. The third-order valence-electron chi connectivity index (χ3n) is 2.24. The fraction of sp³-hybridized carbons (Fsp3) is 0.0667. The van der Waals surface area contributed by atoms with Crippen molar-refractivity contribution in [1.29, 1.82) is 0 Å². The lowest BCUT2D eigenvalue weighted by Crippen LogP contribution is -2.05. The highest BCUT2D eigenvalue weighted by Gasteiger charge is 2.10. The normalized spacial score (nSPS) is 11.5. The van der Waals surface area contributed by atoms with E-state index in [4.69, 9.17) is 11.2 Å². The first-order valence-electron chi connectivity index (χ1n) is 5.14. The van der Waals surface area contributed by atoms with Crippen LogP contribution in [-0.4, -0.2) is 0 Å². The zero-order valence-electron chi connectivity index (χ0n) is 9.06. The molecule has 2 aromatic rings. The lowest BCUT2D eigenvalue weighted by Gasteiger charge is -2.13. The lowest BCUT2D eigenvalue weighted by molar-refractivity contribution is 0.264. The van der Waals surface area contributed by atoms with Gasteiger partial charge in [-0.05, 0) is 30.3 Å². The molecule has 0 amide bonds. The molecule has 0 aliphatic heterocycles. The molecule has 1 atom stereocenters. The van der Waals surface area contributed by atoms with E-state index in [-0.39, 0.29) is 5.82 Å². The lowest BCUT2D eigenvalue weighted by atomic mass is 10.1. The van der Waals surface area contributed by atoms with E-state index in [1.54, 1.807) is 36.4 Å². The van der Waals surface area contributed by atoms with Crippen molar-refractivity contribution in [3.8, 4) is 18.1 Å². The van der Waals surface area contributed by atoms with E-state index in [0.717, 1.165) is 0 Å². The van der Waals surface area contributed by atoms with Crippen LogP contribution in [0.5, 0.6) is 5.75 Å². The SMILES string of the molecule is C#CC(Oc1cc[c]cc1)c1cccc(F)c1. The topological polar surface area (TPSA) is 9.23 Å². The summed E-state index contributed by atoms with van der Waals surface area (Å²) in [6.07, 6.45) is 4.81. The number of benzene rings is 2. The highest BCUT2D eigenvalue weighted by atomic mass is 19.1. The smallest absolute Gasteiger partial charge is 0.184 e. The van der Waals surface area contributed by atoms with E-state index < -0.39 is 6.10 Å². The van der Waals surface area contributed by atoms with Gasteiger partial charge in [0.2, 0.25) is 0 Å². The number of hydrogen-bond donors (Lipinski definition) is 0. The molecule has 83 valence electrons. The number of halogens is 1. The predicted molar refractivity (Wildman–Crippen MR) is 63.9 cm³/mol. The van der Waals surface area contributed by atoms with Crippen LogP contribution in [-0.2, 0) is 0 Å². The quantitative estimate of drug-likeness (QED) is 0.727. The van der Waals surface area contributed by atoms with Gasteiger partial charge in [0.05, 0.1) is 0 Å². The Morgan fingerprint density at radius 1 is 1.24 bits per heavy atom. The van der Waals surface area contributed by atoms with E-state index in [1.807, 2.05) is 0 Å². The highest BCUT2D eigenvalue weighted by Crippen LogP contribution is 2.21. The van der Waals surface area contributed by atoms with E-state index in [2.05, 4.69) is 12.0 Å². The van der Waals surface area contributed by atoms with Crippen molar-refractivity contribution < 1.29 is 9.13 Å². The average Bonchev–Trinajstić information content (AvgIpc) is 2.37. The number of ether oxygens (including phenoxy) is 1. The van der Waals surface area contributed by atoms with Crippen LogP contribution in [0, 0.1) is 24.2 Å². The van der Waals surface area contributed by atoms with Gasteiger partial charge >= 0.3 is 0 Å². The summed E-state index contributed by atoms with van der Waals surface area (Å²) in [6, 6.07) is 15.9. The minimum Gasteiger partial charge on any atom is -0.473 e. The fourth-order valence-corrected chi connectivity index (χ4v) is 1.45. The highest BCUT2D eigenvalue weighted by molar-refractivity contribution is 5.28. The molecule has 0 spiro atoms. The van der Waals surface area contributed by atoms with Gasteiger partial charge < -0.3 is 4.74 Å². The molecular formula is C15H10FO. The summed E-state index contributed by atoms with van der Waals surface area (Å²) in [6.45, 7) is 0. The Labute approximate surface area is 99.9 Å². The Morgan fingerprint density at radius 3 is 2.65 bits per heavy atom. The van der Waals surface area contributed by atoms with Gasteiger partial charge in [-0.1, -0.05) is 30.2 Å². The molecule has 0 aliphatic carbocycles. The van der Waals surface area contributed by atoms with Crippen LogP contribution < -0.4 is 4.74 Å². The third-order valence-corrected chi connectivity index (χ3v) is 2.24. The van der Waals surface area contributed by atoms with Crippen LogP contribution in [0.2, 0.25) is 0 Å². The molecule has 1 radical (unpaired) electrons. The van der Waals surface area contributed by atoms with Gasteiger partial charge in [0.15, 0.2) is 6.10 Å². The summed E-state index contributed by atoms with van der Waals surface area (Å²) in [7, 11) is 0. The Bertz CT molecular complexity index is 528. The van der Waals surface area contributed by atoms with Crippen LogP contribution in [0.1, 0.15) is 11.7 Å². The van der Waals surface area contributed by atoms with Crippen molar-refractivity contribution in [1.82, 2.24) is 0 Å². The molecule has 0 bridgehead atoms. The Morgan fingerprint density at radius 2 is 2.00 bits per heavy atom. The Balaban J connectivity index is 2.21. The van der Waals surface area contributed by atoms with Crippen LogP contribution >= 0.6 is 0 Å². The first-order chi connectivity index (χ1) is 8.29. The summed E-state index contributed by atoms with van der Waals surface area (Å²) < 4.78 is 18.7. The molecule has 0 aliphatic rings. The second-order valence-corrected chi connectivity index (χ2v) is 3.46. The van der Waals surface area contributed by atoms with Gasteiger partial charge in [0.1, 0.15) is 11.6 Å². The molecule has 1 unspecified atom stereocenters. The zero-order valence-corrected chi connectivity index (χ0v) is 9.06. The maximum Gasteiger partial charge on any atom is 0.184 e. The molecule has 1 nitrogen and oxygen atoms in total. The molecule has 0 aromatic heterocycles. The van der Waals surface area contributed by atoms with Gasteiger partial charge in [0.25, 0.3) is 0 Å². The van der Waals surface area contributed by atoms with E-state index in [1.165, 1.54) is 12.1 Å².